The van der Waals surface area contributed by atoms with Crippen LogP contribution in [0.5, 0.6) is 0 Å². The van der Waals surface area contributed by atoms with Gasteiger partial charge in [0, 0.05) is 32.7 Å². The second kappa shape index (κ2) is 8.30. The first-order valence-electron chi connectivity index (χ1n) is 8.37. The summed E-state index contributed by atoms with van der Waals surface area (Å²) in [5.74, 6) is 0.579. The van der Waals surface area contributed by atoms with E-state index in [2.05, 4.69) is 43.0 Å². The minimum absolute atomic E-state index is 0.121. The predicted octanol–water partition coefficient (Wildman–Crippen LogP) is 2.09. The zero-order chi connectivity index (χ0) is 15.9. The number of hydrogen-bond donors (Lipinski definition) is 1. The molecule has 1 atom stereocenters. The van der Waals surface area contributed by atoms with Crippen molar-refractivity contribution in [3.63, 3.8) is 0 Å². The molecule has 0 radical (unpaired) electrons. The third-order valence-electron chi connectivity index (χ3n) is 4.19. The van der Waals surface area contributed by atoms with Crippen molar-refractivity contribution in [3.8, 4) is 0 Å². The lowest BCUT2D eigenvalue weighted by molar-refractivity contribution is -0.132. The van der Waals surface area contributed by atoms with E-state index in [0.717, 1.165) is 45.6 Å². The van der Waals surface area contributed by atoms with Crippen LogP contribution in [0.15, 0.2) is 30.3 Å². The summed E-state index contributed by atoms with van der Waals surface area (Å²) in [4.78, 5) is 16.8. The molecule has 0 bridgehead atoms. The Labute approximate surface area is 134 Å². The quantitative estimate of drug-likeness (QED) is 0.906. The lowest BCUT2D eigenvalue weighted by Gasteiger charge is -2.25. The molecule has 1 aromatic carbocycles. The molecule has 0 unspecified atom stereocenters. The molecule has 0 saturated carbocycles. The first-order chi connectivity index (χ1) is 10.6. The highest BCUT2D eigenvalue weighted by atomic mass is 16.2. The zero-order valence-corrected chi connectivity index (χ0v) is 13.9. The van der Waals surface area contributed by atoms with Gasteiger partial charge in [0.1, 0.15) is 0 Å². The van der Waals surface area contributed by atoms with Crippen LogP contribution in [0.3, 0.4) is 0 Å². The van der Waals surface area contributed by atoms with Gasteiger partial charge in [0.05, 0.1) is 6.04 Å². The standard InChI is InChI=1S/C18H29N3O/c1-15(2)13-17(19)18(22)21-10-6-9-20(11-12-21)14-16-7-4-3-5-8-16/h3-5,7-8,15,17H,6,9-14,19H2,1-2H3/t17-/m0/s1. The summed E-state index contributed by atoms with van der Waals surface area (Å²) in [6, 6.07) is 10.2. The number of carbonyl (C=O) groups is 1. The highest BCUT2D eigenvalue weighted by Crippen LogP contribution is 2.11. The summed E-state index contributed by atoms with van der Waals surface area (Å²) < 4.78 is 0. The maximum Gasteiger partial charge on any atom is 0.239 e. The van der Waals surface area contributed by atoms with Crippen LogP contribution in [0.4, 0.5) is 0 Å². The van der Waals surface area contributed by atoms with E-state index in [-0.39, 0.29) is 11.9 Å². The van der Waals surface area contributed by atoms with Crippen molar-refractivity contribution >= 4 is 5.91 Å². The van der Waals surface area contributed by atoms with Gasteiger partial charge in [0.2, 0.25) is 5.91 Å². The van der Waals surface area contributed by atoms with E-state index >= 15 is 0 Å². The number of nitrogens with two attached hydrogens (primary N) is 1. The smallest absolute Gasteiger partial charge is 0.239 e. The summed E-state index contributed by atoms with van der Waals surface area (Å²) >= 11 is 0. The Kier molecular flexibility index (Phi) is 6.40. The van der Waals surface area contributed by atoms with Crippen LogP contribution in [0.2, 0.25) is 0 Å². The molecule has 2 N–H and O–H groups in total. The molecular weight excluding hydrogens is 274 g/mol. The molecule has 122 valence electrons. The van der Waals surface area contributed by atoms with Gasteiger partial charge in [-0.05, 0) is 24.3 Å². The largest absolute Gasteiger partial charge is 0.340 e. The highest BCUT2D eigenvalue weighted by molar-refractivity contribution is 5.81. The van der Waals surface area contributed by atoms with Crippen molar-refractivity contribution in [1.82, 2.24) is 9.80 Å². The van der Waals surface area contributed by atoms with Crippen molar-refractivity contribution < 1.29 is 4.79 Å². The van der Waals surface area contributed by atoms with Gasteiger partial charge >= 0.3 is 0 Å². The SMILES string of the molecule is CC(C)C[C@H](N)C(=O)N1CCCN(Cc2ccccc2)CC1. The van der Waals surface area contributed by atoms with Crippen LogP contribution in [0.25, 0.3) is 0 Å². The monoisotopic (exact) mass is 303 g/mol. The van der Waals surface area contributed by atoms with Crippen LogP contribution in [-0.2, 0) is 11.3 Å². The van der Waals surface area contributed by atoms with E-state index in [9.17, 15) is 4.79 Å². The first kappa shape index (κ1) is 17.0. The van der Waals surface area contributed by atoms with Gasteiger partial charge in [-0.2, -0.15) is 0 Å². The molecule has 4 nitrogen and oxygen atoms in total. The molecular formula is C18H29N3O. The van der Waals surface area contributed by atoms with E-state index in [1.165, 1.54) is 5.56 Å². The highest BCUT2D eigenvalue weighted by Gasteiger charge is 2.24. The van der Waals surface area contributed by atoms with Gasteiger partial charge < -0.3 is 10.6 Å². The second-order valence-corrected chi connectivity index (χ2v) is 6.68. The summed E-state index contributed by atoms with van der Waals surface area (Å²) in [5.41, 5.74) is 7.39. The number of nitrogens with zero attached hydrogens (tertiary/aromatic N) is 2. The second-order valence-electron chi connectivity index (χ2n) is 6.68. The van der Waals surface area contributed by atoms with E-state index in [1.54, 1.807) is 0 Å². The number of amides is 1. The van der Waals surface area contributed by atoms with Crippen LogP contribution in [-0.4, -0.2) is 47.9 Å². The zero-order valence-electron chi connectivity index (χ0n) is 13.9. The average molecular weight is 303 g/mol. The van der Waals surface area contributed by atoms with Crippen molar-refractivity contribution in [1.29, 1.82) is 0 Å². The maximum atomic E-state index is 12.4. The van der Waals surface area contributed by atoms with Gasteiger partial charge in [-0.25, -0.2) is 0 Å². The van der Waals surface area contributed by atoms with Gasteiger partial charge in [0.25, 0.3) is 0 Å². The Balaban J connectivity index is 1.85. The molecule has 2 rings (SSSR count). The van der Waals surface area contributed by atoms with Crippen LogP contribution in [0.1, 0.15) is 32.3 Å². The molecule has 4 heteroatoms. The number of carbonyl (C=O) groups excluding carboxylic acids is 1. The summed E-state index contributed by atoms with van der Waals surface area (Å²) in [6.45, 7) is 8.76. The number of benzene rings is 1. The maximum absolute atomic E-state index is 12.4. The molecule has 0 aliphatic carbocycles. The van der Waals surface area contributed by atoms with Gasteiger partial charge in [-0.15, -0.1) is 0 Å². The molecule has 1 fully saturated rings. The third kappa shape index (κ3) is 5.11. The Hall–Kier alpha value is -1.39. The molecule has 1 aromatic rings. The molecule has 22 heavy (non-hydrogen) atoms. The van der Waals surface area contributed by atoms with E-state index in [0.29, 0.717) is 5.92 Å². The van der Waals surface area contributed by atoms with Crippen molar-refractivity contribution in [2.24, 2.45) is 11.7 Å². The minimum atomic E-state index is -0.347. The van der Waals surface area contributed by atoms with Gasteiger partial charge in [-0.1, -0.05) is 44.2 Å². The average Bonchev–Trinajstić information content (AvgIpc) is 2.72. The lowest BCUT2D eigenvalue weighted by Crippen LogP contribution is -2.45. The summed E-state index contributed by atoms with van der Waals surface area (Å²) in [5, 5.41) is 0. The molecule has 0 spiro atoms. The van der Waals surface area contributed by atoms with Crippen molar-refractivity contribution in [2.45, 2.75) is 39.3 Å². The molecule has 1 saturated heterocycles. The lowest BCUT2D eigenvalue weighted by atomic mass is 10.0. The Morgan fingerprint density at radius 3 is 2.55 bits per heavy atom. The van der Waals surface area contributed by atoms with Crippen LogP contribution < -0.4 is 5.73 Å². The number of hydrogen-bond acceptors (Lipinski definition) is 3. The predicted molar refractivity (Wildman–Crippen MR) is 90.3 cm³/mol. The van der Waals surface area contributed by atoms with E-state index in [1.807, 2.05) is 11.0 Å². The van der Waals surface area contributed by atoms with E-state index in [4.69, 9.17) is 5.73 Å². The van der Waals surface area contributed by atoms with Gasteiger partial charge in [0.15, 0.2) is 0 Å². The van der Waals surface area contributed by atoms with Gasteiger partial charge in [-0.3, -0.25) is 9.69 Å². The Morgan fingerprint density at radius 2 is 1.86 bits per heavy atom. The fraction of sp³-hybridized carbons (Fsp3) is 0.611. The Bertz CT molecular complexity index is 461. The van der Waals surface area contributed by atoms with Crippen molar-refractivity contribution in [2.75, 3.05) is 26.2 Å². The van der Waals surface area contributed by atoms with E-state index < -0.39 is 0 Å². The normalized spacial score (nSPS) is 18.3. The molecule has 0 aromatic heterocycles. The van der Waals surface area contributed by atoms with Crippen LogP contribution >= 0.6 is 0 Å². The first-order valence-corrected chi connectivity index (χ1v) is 8.37. The molecule has 1 aliphatic heterocycles. The molecule has 1 heterocycles. The topological polar surface area (TPSA) is 49.6 Å². The molecule has 1 aliphatic rings. The fourth-order valence-corrected chi connectivity index (χ4v) is 3.03. The minimum Gasteiger partial charge on any atom is -0.340 e. The van der Waals surface area contributed by atoms with Crippen LogP contribution in [0, 0.1) is 5.92 Å². The summed E-state index contributed by atoms with van der Waals surface area (Å²) in [6.07, 6.45) is 1.79. The third-order valence-corrected chi connectivity index (χ3v) is 4.19. The Morgan fingerprint density at radius 1 is 1.14 bits per heavy atom. The number of rotatable bonds is 5. The fourth-order valence-electron chi connectivity index (χ4n) is 3.03. The van der Waals surface area contributed by atoms with Crippen molar-refractivity contribution in [3.05, 3.63) is 35.9 Å². The molecule has 1 amide bonds. The summed E-state index contributed by atoms with van der Waals surface area (Å²) in [7, 11) is 0.